The van der Waals surface area contributed by atoms with Crippen LogP contribution in [0.3, 0.4) is 0 Å². The predicted octanol–water partition coefficient (Wildman–Crippen LogP) is 3.70. The van der Waals surface area contributed by atoms with Gasteiger partial charge in [-0.15, -0.1) is 0 Å². The van der Waals surface area contributed by atoms with Gasteiger partial charge in [-0.25, -0.2) is 16.8 Å². The lowest BCUT2D eigenvalue weighted by atomic mass is 10.2. The third-order valence-corrected chi connectivity index (χ3v) is 10.1. The molecule has 1 atom stereocenters. The second-order valence-corrected chi connectivity index (χ2v) is 12.4. The Kier molecular flexibility index (Phi) is 7.51. The van der Waals surface area contributed by atoms with Gasteiger partial charge in [0, 0.05) is 25.3 Å². The minimum absolute atomic E-state index is 0.00621. The predicted molar refractivity (Wildman–Crippen MR) is 134 cm³/mol. The first kappa shape index (κ1) is 25.6. The normalized spacial score (nSPS) is 17.7. The molecule has 184 valence electrons. The number of piperazine rings is 1. The van der Waals surface area contributed by atoms with Gasteiger partial charge in [0.2, 0.25) is 26.0 Å². The molecular formula is C23H21Cl2N3O5S2. The lowest BCUT2D eigenvalue weighted by Gasteiger charge is -2.38. The van der Waals surface area contributed by atoms with Gasteiger partial charge in [-0.05, 0) is 42.5 Å². The van der Waals surface area contributed by atoms with Gasteiger partial charge < -0.3 is 5.32 Å². The largest absolute Gasteiger partial charge is 0.325 e. The smallest absolute Gasteiger partial charge is 0.244 e. The van der Waals surface area contributed by atoms with Crippen LogP contribution in [0.15, 0.2) is 88.7 Å². The third kappa shape index (κ3) is 5.37. The Balaban J connectivity index is 1.69. The number of anilines is 1. The Bertz CT molecular complexity index is 1440. The van der Waals surface area contributed by atoms with Crippen LogP contribution in [0.1, 0.15) is 0 Å². The molecule has 0 aromatic heterocycles. The number of hydrogen-bond acceptors (Lipinski definition) is 5. The molecule has 1 fully saturated rings. The zero-order valence-corrected chi connectivity index (χ0v) is 21.4. The maximum absolute atomic E-state index is 13.4. The average Bonchev–Trinajstić information content (AvgIpc) is 2.87. The fraction of sp³-hybridized carbons (Fsp3) is 0.174. The summed E-state index contributed by atoms with van der Waals surface area (Å²) in [6, 6.07) is 18.6. The Morgan fingerprint density at radius 2 is 1.34 bits per heavy atom. The van der Waals surface area contributed by atoms with Crippen molar-refractivity contribution >= 4 is 54.8 Å². The topological polar surface area (TPSA) is 104 Å². The highest BCUT2D eigenvalue weighted by Crippen LogP contribution is 2.28. The number of hydrogen-bond donors (Lipinski definition) is 1. The SMILES string of the molecule is O=C(Nc1ccc(Cl)c(Cl)c1)[C@@H]1CN(S(=O)(=O)c2ccccc2)CCN1S(=O)(=O)c1ccccc1. The average molecular weight is 554 g/mol. The molecule has 1 heterocycles. The summed E-state index contributed by atoms with van der Waals surface area (Å²) in [6.45, 7) is -0.682. The summed E-state index contributed by atoms with van der Waals surface area (Å²) in [5.74, 6) is -0.698. The molecule has 8 nitrogen and oxygen atoms in total. The first-order valence-corrected chi connectivity index (χ1v) is 14.1. The molecule has 4 rings (SSSR count). The van der Waals surface area contributed by atoms with Crippen LogP contribution in [-0.4, -0.2) is 57.0 Å². The van der Waals surface area contributed by atoms with E-state index < -0.39 is 32.0 Å². The van der Waals surface area contributed by atoms with E-state index in [2.05, 4.69) is 5.32 Å². The summed E-state index contributed by atoms with van der Waals surface area (Å²) in [7, 11) is -8.05. The number of benzene rings is 3. The summed E-state index contributed by atoms with van der Waals surface area (Å²) < 4.78 is 55.4. The second-order valence-electron chi connectivity index (χ2n) is 7.74. The lowest BCUT2D eigenvalue weighted by Crippen LogP contribution is -2.60. The molecule has 1 aliphatic heterocycles. The molecule has 0 unspecified atom stereocenters. The molecule has 3 aromatic carbocycles. The van der Waals surface area contributed by atoms with E-state index in [1.54, 1.807) is 36.4 Å². The van der Waals surface area contributed by atoms with Crippen LogP contribution in [0.4, 0.5) is 5.69 Å². The Hall–Kier alpha value is -2.47. The van der Waals surface area contributed by atoms with Crippen LogP contribution >= 0.6 is 23.2 Å². The van der Waals surface area contributed by atoms with E-state index in [0.717, 1.165) is 8.61 Å². The standard InChI is InChI=1S/C23H21Cl2N3O5S2/c24-20-12-11-17(15-21(20)25)26-23(29)22-16-27(34(30,31)18-7-3-1-4-8-18)13-14-28(22)35(32,33)19-9-5-2-6-10-19/h1-12,15,22H,13-14,16H2,(H,26,29)/t22-/m0/s1. The molecule has 0 spiro atoms. The van der Waals surface area contributed by atoms with E-state index in [-0.39, 0.29) is 39.5 Å². The van der Waals surface area contributed by atoms with Gasteiger partial charge in [0.1, 0.15) is 6.04 Å². The van der Waals surface area contributed by atoms with Gasteiger partial charge in [-0.2, -0.15) is 8.61 Å². The second kappa shape index (κ2) is 10.3. The number of halogens is 2. The zero-order valence-electron chi connectivity index (χ0n) is 18.2. The number of sulfonamides is 2. The van der Waals surface area contributed by atoms with Crippen molar-refractivity contribution in [3.05, 3.63) is 88.9 Å². The van der Waals surface area contributed by atoms with Crippen molar-refractivity contribution < 1.29 is 21.6 Å². The first-order valence-electron chi connectivity index (χ1n) is 10.5. The van der Waals surface area contributed by atoms with Crippen LogP contribution in [0, 0.1) is 0 Å². The molecule has 1 N–H and O–H groups in total. The minimum Gasteiger partial charge on any atom is -0.325 e. The maximum atomic E-state index is 13.4. The van der Waals surface area contributed by atoms with Crippen molar-refractivity contribution in [1.82, 2.24) is 8.61 Å². The first-order chi connectivity index (χ1) is 16.6. The van der Waals surface area contributed by atoms with E-state index in [1.165, 1.54) is 42.5 Å². The van der Waals surface area contributed by atoms with Crippen LogP contribution < -0.4 is 5.32 Å². The van der Waals surface area contributed by atoms with Gasteiger partial charge in [0.25, 0.3) is 0 Å². The maximum Gasteiger partial charge on any atom is 0.244 e. The lowest BCUT2D eigenvalue weighted by molar-refractivity contribution is -0.120. The van der Waals surface area contributed by atoms with E-state index in [0.29, 0.717) is 5.69 Å². The number of rotatable bonds is 6. The highest BCUT2D eigenvalue weighted by atomic mass is 35.5. The summed E-state index contributed by atoms with van der Waals surface area (Å²) >= 11 is 12.0. The van der Waals surface area contributed by atoms with E-state index >= 15 is 0 Å². The van der Waals surface area contributed by atoms with Gasteiger partial charge in [0.05, 0.1) is 19.8 Å². The van der Waals surface area contributed by atoms with Gasteiger partial charge in [-0.1, -0.05) is 59.6 Å². The molecule has 0 aliphatic carbocycles. The molecule has 35 heavy (non-hydrogen) atoms. The summed E-state index contributed by atoms with van der Waals surface area (Å²) in [5, 5.41) is 3.13. The highest BCUT2D eigenvalue weighted by Gasteiger charge is 2.43. The van der Waals surface area contributed by atoms with Crippen molar-refractivity contribution in [3.63, 3.8) is 0 Å². The molecule has 1 saturated heterocycles. The molecular weight excluding hydrogens is 533 g/mol. The molecule has 0 bridgehead atoms. The van der Waals surface area contributed by atoms with Gasteiger partial charge in [0.15, 0.2) is 0 Å². The van der Waals surface area contributed by atoms with E-state index in [9.17, 15) is 21.6 Å². The number of amides is 1. The van der Waals surface area contributed by atoms with Crippen LogP contribution in [0.2, 0.25) is 10.0 Å². The fourth-order valence-electron chi connectivity index (χ4n) is 3.73. The van der Waals surface area contributed by atoms with Gasteiger partial charge in [-0.3, -0.25) is 4.79 Å². The number of carbonyl (C=O) groups is 1. The Morgan fingerprint density at radius 1 is 0.771 bits per heavy atom. The van der Waals surface area contributed by atoms with Crippen molar-refractivity contribution in [1.29, 1.82) is 0 Å². The van der Waals surface area contributed by atoms with Crippen LogP contribution in [-0.2, 0) is 24.8 Å². The van der Waals surface area contributed by atoms with Crippen molar-refractivity contribution in [2.24, 2.45) is 0 Å². The van der Waals surface area contributed by atoms with Crippen LogP contribution in [0.25, 0.3) is 0 Å². The number of nitrogens with one attached hydrogen (secondary N) is 1. The summed E-state index contributed by atoms with van der Waals surface area (Å²) in [4.78, 5) is 13.4. The van der Waals surface area contributed by atoms with E-state index in [4.69, 9.17) is 23.2 Å². The number of carbonyl (C=O) groups excluding carboxylic acids is 1. The Morgan fingerprint density at radius 3 is 1.91 bits per heavy atom. The van der Waals surface area contributed by atoms with Crippen LogP contribution in [0.5, 0.6) is 0 Å². The number of nitrogens with zero attached hydrogens (tertiary/aromatic N) is 2. The molecule has 3 aromatic rings. The van der Waals surface area contributed by atoms with Crippen molar-refractivity contribution in [3.8, 4) is 0 Å². The molecule has 1 aliphatic rings. The summed E-state index contributed by atoms with van der Waals surface area (Å²) in [6.07, 6.45) is 0. The quantitative estimate of drug-likeness (QED) is 0.501. The Labute approximate surface area is 214 Å². The fourth-order valence-corrected chi connectivity index (χ4v) is 7.08. The van der Waals surface area contributed by atoms with Gasteiger partial charge >= 0.3 is 0 Å². The van der Waals surface area contributed by atoms with Crippen molar-refractivity contribution in [2.45, 2.75) is 15.8 Å². The molecule has 0 radical (unpaired) electrons. The molecule has 0 saturated carbocycles. The minimum atomic E-state index is -4.09. The van der Waals surface area contributed by atoms with E-state index in [1.807, 2.05) is 0 Å². The summed E-state index contributed by atoms with van der Waals surface area (Å²) in [5.41, 5.74) is 0.296. The van der Waals surface area contributed by atoms with Crippen molar-refractivity contribution in [2.75, 3.05) is 25.0 Å². The zero-order chi connectivity index (χ0) is 25.2. The monoisotopic (exact) mass is 553 g/mol. The molecule has 1 amide bonds. The molecule has 12 heteroatoms. The highest BCUT2D eigenvalue weighted by molar-refractivity contribution is 7.89. The third-order valence-electron chi connectivity index (χ3n) is 5.51.